The Kier molecular flexibility index (Phi) is 6.95. The largest absolute Gasteiger partial charge is 0.394 e. The number of amides is 2. The number of aromatic nitrogens is 1. The van der Waals surface area contributed by atoms with Crippen molar-refractivity contribution in [2.75, 3.05) is 13.2 Å². The molecular weight excluding hydrogens is 274 g/mol. The van der Waals surface area contributed by atoms with Gasteiger partial charge in [-0.25, -0.2) is 9.78 Å². The fourth-order valence-electron chi connectivity index (χ4n) is 1.96. The van der Waals surface area contributed by atoms with Gasteiger partial charge in [0.15, 0.2) is 0 Å². The minimum Gasteiger partial charge on any atom is -0.394 e. The summed E-state index contributed by atoms with van der Waals surface area (Å²) in [6.07, 6.45) is 5.29. The van der Waals surface area contributed by atoms with Crippen LogP contribution in [0.15, 0.2) is 6.20 Å². The first-order chi connectivity index (χ1) is 9.53. The van der Waals surface area contributed by atoms with Crippen LogP contribution in [0.25, 0.3) is 0 Å². The summed E-state index contributed by atoms with van der Waals surface area (Å²) in [5.74, 6) is 0. The van der Waals surface area contributed by atoms with Crippen molar-refractivity contribution in [1.29, 1.82) is 0 Å². The van der Waals surface area contributed by atoms with Crippen molar-refractivity contribution in [1.82, 2.24) is 15.6 Å². The minimum atomic E-state index is -0.546. The Morgan fingerprint density at radius 2 is 2.25 bits per heavy atom. The Bertz CT molecular complexity index is 422. The van der Waals surface area contributed by atoms with Crippen LogP contribution in [-0.2, 0) is 12.8 Å². The quantitative estimate of drug-likeness (QED) is 0.688. The zero-order valence-electron chi connectivity index (χ0n) is 12.5. The highest BCUT2D eigenvalue weighted by Gasteiger charge is 2.24. The number of nitrogens with one attached hydrogen (secondary N) is 2. The Morgan fingerprint density at radius 1 is 1.50 bits per heavy atom. The van der Waals surface area contributed by atoms with Crippen molar-refractivity contribution < 1.29 is 9.90 Å². The lowest BCUT2D eigenvalue weighted by Gasteiger charge is -2.28. The number of rotatable bonds is 8. The molecule has 3 N–H and O–H groups in total. The number of thiazole rings is 1. The van der Waals surface area contributed by atoms with Gasteiger partial charge in [0.25, 0.3) is 0 Å². The van der Waals surface area contributed by atoms with Gasteiger partial charge < -0.3 is 15.7 Å². The van der Waals surface area contributed by atoms with Gasteiger partial charge in [-0.2, -0.15) is 0 Å². The first-order valence-electron chi connectivity index (χ1n) is 7.13. The van der Waals surface area contributed by atoms with Gasteiger partial charge in [0.1, 0.15) is 0 Å². The van der Waals surface area contributed by atoms with Crippen molar-refractivity contribution in [3.63, 3.8) is 0 Å². The van der Waals surface area contributed by atoms with Gasteiger partial charge in [-0.3, -0.25) is 0 Å². The fraction of sp³-hybridized carbons (Fsp3) is 0.714. The van der Waals surface area contributed by atoms with E-state index < -0.39 is 5.54 Å². The fourth-order valence-corrected chi connectivity index (χ4v) is 2.82. The van der Waals surface area contributed by atoms with Crippen molar-refractivity contribution in [2.24, 2.45) is 0 Å². The molecule has 0 aliphatic rings. The predicted octanol–water partition coefficient (Wildman–Crippen LogP) is 2.10. The number of urea groups is 1. The maximum absolute atomic E-state index is 11.8. The van der Waals surface area contributed by atoms with E-state index in [-0.39, 0.29) is 12.6 Å². The number of aliphatic hydroxyl groups excluding tert-OH is 1. The number of aliphatic hydroxyl groups is 1. The van der Waals surface area contributed by atoms with Gasteiger partial charge in [-0.15, -0.1) is 11.3 Å². The second kappa shape index (κ2) is 8.21. The minimum absolute atomic E-state index is 0.0550. The zero-order chi connectivity index (χ0) is 15.0. The van der Waals surface area contributed by atoms with Gasteiger partial charge in [0, 0.05) is 24.0 Å². The van der Waals surface area contributed by atoms with Crippen molar-refractivity contribution in [2.45, 2.75) is 52.0 Å². The summed E-state index contributed by atoms with van der Waals surface area (Å²) in [4.78, 5) is 17.4. The molecule has 0 aromatic carbocycles. The smallest absolute Gasteiger partial charge is 0.315 e. The highest BCUT2D eigenvalue weighted by atomic mass is 32.1. The molecule has 1 heterocycles. The molecule has 0 radical (unpaired) electrons. The molecule has 1 aromatic heterocycles. The van der Waals surface area contributed by atoms with Gasteiger partial charge in [-0.1, -0.05) is 20.3 Å². The number of hydrogen-bond acceptors (Lipinski definition) is 4. The molecule has 1 unspecified atom stereocenters. The summed E-state index contributed by atoms with van der Waals surface area (Å²) in [5, 5.41) is 16.0. The lowest BCUT2D eigenvalue weighted by Crippen LogP contribution is -2.52. The number of carbonyl (C=O) groups excluding carboxylic acids is 1. The molecule has 0 aliphatic heterocycles. The first-order valence-corrected chi connectivity index (χ1v) is 7.95. The molecule has 114 valence electrons. The number of nitrogens with zero attached hydrogens (tertiary/aromatic N) is 1. The maximum atomic E-state index is 11.8. The molecule has 0 bridgehead atoms. The van der Waals surface area contributed by atoms with Crippen LogP contribution in [0.3, 0.4) is 0 Å². The third kappa shape index (κ3) is 5.46. The van der Waals surface area contributed by atoms with Crippen LogP contribution in [-0.4, -0.2) is 34.8 Å². The molecular formula is C14H25N3O2S. The Balaban J connectivity index is 2.32. The summed E-state index contributed by atoms with van der Waals surface area (Å²) in [6, 6.07) is -0.234. The van der Waals surface area contributed by atoms with Crippen LogP contribution < -0.4 is 10.6 Å². The molecule has 1 aromatic rings. The molecule has 1 rings (SSSR count). The molecule has 2 amide bonds. The van der Waals surface area contributed by atoms with Crippen LogP contribution in [0.1, 0.15) is 43.5 Å². The second-order valence-corrected chi connectivity index (χ2v) is 6.37. The lowest BCUT2D eigenvalue weighted by molar-refractivity contribution is 0.163. The van der Waals surface area contributed by atoms with E-state index >= 15 is 0 Å². The third-order valence-corrected chi connectivity index (χ3v) is 4.34. The van der Waals surface area contributed by atoms with E-state index in [1.54, 1.807) is 11.3 Å². The van der Waals surface area contributed by atoms with E-state index in [0.717, 1.165) is 30.7 Å². The highest BCUT2D eigenvalue weighted by Crippen LogP contribution is 2.13. The standard InChI is InChI=1S/C14H25N3O2S/c1-4-7-14(3,10-18)17-13(19)15-8-6-12-16-9-11(5-2)20-12/h9,18H,4-8,10H2,1-3H3,(H2,15,17,19). The number of hydrogen-bond donors (Lipinski definition) is 3. The lowest BCUT2D eigenvalue weighted by atomic mass is 9.98. The van der Waals surface area contributed by atoms with Crippen molar-refractivity contribution >= 4 is 17.4 Å². The van der Waals surface area contributed by atoms with Gasteiger partial charge in [0.05, 0.1) is 17.2 Å². The second-order valence-electron chi connectivity index (χ2n) is 5.17. The van der Waals surface area contributed by atoms with E-state index in [9.17, 15) is 9.90 Å². The predicted molar refractivity (Wildman–Crippen MR) is 82.1 cm³/mol. The first kappa shape index (κ1) is 16.9. The summed E-state index contributed by atoms with van der Waals surface area (Å²) < 4.78 is 0. The topological polar surface area (TPSA) is 74.2 Å². The normalized spacial score (nSPS) is 13.8. The van der Waals surface area contributed by atoms with Crippen LogP contribution in [0, 0.1) is 0 Å². The monoisotopic (exact) mass is 299 g/mol. The van der Waals surface area contributed by atoms with E-state index in [4.69, 9.17) is 0 Å². The van der Waals surface area contributed by atoms with Crippen LogP contribution in [0.2, 0.25) is 0 Å². The molecule has 0 saturated carbocycles. The van der Waals surface area contributed by atoms with E-state index in [1.807, 2.05) is 20.0 Å². The molecule has 0 fully saturated rings. The zero-order valence-corrected chi connectivity index (χ0v) is 13.3. The molecule has 6 heteroatoms. The molecule has 1 atom stereocenters. The van der Waals surface area contributed by atoms with Crippen LogP contribution in [0.4, 0.5) is 4.79 Å². The van der Waals surface area contributed by atoms with Gasteiger partial charge in [0.2, 0.25) is 0 Å². The van der Waals surface area contributed by atoms with Crippen molar-refractivity contribution in [3.05, 3.63) is 16.1 Å². The SMILES string of the molecule is CCCC(C)(CO)NC(=O)NCCc1ncc(CC)s1. The van der Waals surface area contributed by atoms with Gasteiger partial charge >= 0.3 is 6.03 Å². The Labute approximate surface area is 124 Å². The maximum Gasteiger partial charge on any atom is 0.315 e. The van der Waals surface area contributed by atoms with Crippen LogP contribution >= 0.6 is 11.3 Å². The van der Waals surface area contributed by atoms with E-state index in [0.29, 0.717) is 6.54 Å². The van der Waals surface area contributed by atoms with E-state index in [1.165, 1.54) is 4.88 Å². The molecule has 0 saturated heterocycles. The third-order valence-electron chi connectivity index (χ3n) is 3.14. The van der Waals surface area contributed by atoms with E-state index in [2.05, 4.69) is 22.5 Å². The summed E-state index contributed by atoms with van der Waals surface area (Å²) in [6.45, 7) is 6.48. The molecule has 0 spiro atoms. The number of aryl methyl sites for hydroxylation is 1. The molecule has 20 heavy (non-hydrogen) atoms. The Morgan fingerprint density at radius 3 is 2.80 bits per heavy atom. The highest BCUT2D eigenvalue weighted by molar-refractivity contribution is 7.11. The van der Waals surface area contributed by atoms with Crippen molar-refractivity contribution in [3.8, 4) is 0 Å². The molecule has 5 nitrogen and oxygen atoms in total. The summed E-state index contributed by atoms with van der Waals surface area (Å²) >= 11 is 1.69. The molecule has 0 aliphatic carbocycles. The average Bonchev–Trinajstić information content (AvgIpc) is 2.87. The summed E-state index contributed by atoms with van der Waals surface area (Å²) in [7, 11) is 0. The number of carbonyl (C=O) groups is 1. The summed E-state index contributed by atoms with van der Waals surface area (Å²) in [5.41, 5.74) is -0.546. The average molecular weight is 299 g/mol. The van der Waals surface area contributed by atoms with Gasteiger partial charge in [-0.05, 0) is 19.8 Å². The van der Waals surface area contributed by atoms with Crippen LogP contribution in [0.5, 0.6) is 0 Å². The Hall–Kier alpha value is -1.14.